The van der Waals surface area contributed by atoms with Crippen LogP contribution < -0.4 is 9.47 Å². The van der Waals surface area contributed by atoms with E-state index in [9.17, 15) is 19.5 Å². The zero-order valence-electron chi connectivity index (χ0n) is 17.8. The van der Waals surface area contributed by atoms with Crippen molar-refractivity contribution in [1.82, 2.24) is 4.90 Å². The van der Waals surface area contributed by atoms with Crippen LogP contribution >= 0.6 is 0 Å². The average molecular weight is 437 g/mol. The number of Topliss-reactive ketones (excluding diaryl/α,β-unsaturated/α-hetero) is 1. The molecule has 1 amide bonds. The summed E-state index contributed by atoms with van der Waals surface area (Å²) in [5, 5.41) is 11.2. The third kappa shape index (κ3) is 3.97. The summed E-state index contributed by atoms with van der Waals surface area (Å²) in [7, 11) is 1.50. The number of amides is 1. The van der Waals surface area contributed by atoms with Gasteiger partial charge in [-0.3, -0.25) is 14.4 Å². The van der Waals surface area contributed by atoms with Crippen molar-refractivity contribution in [2.24, 2.45) is 0 Å². The number of aliphatic hydroxyl groups is 1. The Balaban J connectivity index is 1.83. The van der Waals surface area contributed by atoms with E-state index in [1.54, 1.807) is 42.5 Å². The molecule has 166 valence electrons. The fraction of sp³-hybridized carbons (Fsp3) is 0.292. The number of fused-ring (bicyclic) bond motifs is 1. The van der Waals surface area contributed by atoms with Crippen LogP contribution in [0, 0.1) is 0 Å². The molecule has 2 aliphatic rings. The van der Waals surface area contributed by atoms with Gasteiger partial charge in [-0.1, -0.05) is 12.1 Å². The lowest BCUT2D eigenvalue weighted by Crippen LogP contribution is -2.32. The van der Waals surface area contributed by atoms with Gasteiger partial charge >= 0.3 is 5.97 Å². The van der Waals surface area contributed by atoms with Crippen molar-refractivity contribution < 1.29 is 33.7 Å². The maximum atomic E-state index is 13.0. The lowest BCUT2D eigenvalue weighted by molar-refractivity contribution is -0.140. The Hall–Kier alpha value is -3.65. The smallest absolute Gasteiger partial charge is 0.308 e. The number of rotatable bonds is 6. The Morgan fingerprint density at radius 1 is 1.22 bits per heavy atom. The molecule has 0 saturated carbocycles. The molecule has 8 nitrogen and oxygen atoms in total. The van der Waals surface area contributed by atoms with Crippen molar-refractivity contribution in [2.75, 3.05) is 26.9 Å². The molecule has 1 saturated heterocycles. The van der Waals surface area contributed by atoms with Gasteiger partial charge in [0.15, 0.2) is 0 Å². The first-order chi connectivity index (χ1) is 15.4. The molecule has 0 aromatic heterocycles. The molecule has 1 unspecified atom stereocenters. The number of methoxy groups -OCH3 is 1. The number of ketones is 1. The molecule has 1 fully saturated rings. The van der Waals surface area contributed by atoms with Crippen molar-refractivity contribution in [1.29, 1.82) is 0 Å². The summed E-state index contributed by atoms with van der Waals surface area (Å²) in [6, 6.07) is 10.9. The van der Waals surface area contributed by atoms with Crippen molar-refractivity contribution in [3.63, 3.8) is 0 Å². The van der Waals surface area contributed by atoms with Crippen LogP contribution in [-0.4, -0.2) is 54.5 Å². The van der Waals surface area contributed by atoms with E-state index in [-0.39, 0.29) is 30.2 Å². The second-order valence-electron chi connectivity index (χ2n) is 7.57. The molecule has 4 rings (SSSR count). The van der Waals surface area contributed by atoms with Crippen LogP contribution in [0.25, 0.3) is 5.76 Å². The van der Waals surface area contributed by atoms with E-state index in [0.717, 1.165) is 11.3 Å². The van der Waals surface area contributed by atoms with Crippen molar-refractivity contribution in [3.8, 4) is 11.5 Å². The molecule has 8 heteroatoms. The number of hydrogen-bond donors (Lipinski definition) is 1. The van der Waals surface area contributed by atoms with Crippen molar-refractivity contribution >= 4 is 23.4 Å². The van der Waals surface area contributed by atoms with Crippen LogP contribution in [0.3, 0.4) is 0 Å². The van der Waals surface area contributed by atoms with Crippen LogP contribution in [0.2, 0.25) is 0 Å². The molecule has 0 aliphatic carbocycles. The number of hydrogen-bond acceptors (Lipinski definition) is 7. The van der Waals surface area contributed by atoms with Crippen LogP contribution in [0.1, 0.15) is 29.7 Å². The molecule has 2 aliphatic heterocycles. The lowest BCUT2D eigenvalue weighted by atomic mass is 9.94. The fourth-order valence-corrected chi connectivity index (χ4v) is 4.05. The highest BCUT2D eigenvalue weighted by Gasteiger charge is 2.46. The standard InChI is InChI=1S/C24H23NO7/c1-14(26)32-18-5-3-4-16(13-18)21-20(23(28)24(29)25(21)9-11-30-2)22(27)17-6-7-19-15(12-17)8-10-31-19/h3-7,12-13,21,27H,8-11H2,1-2H3/b22-20-. The number of esters is 1. The van der Waals surface area contributed by atoms with E-state index in [4.69, 9.17) is 14.2 Å². The van der Waals surface area contributed by atoms with Crippen LogP contribution in [-0.2, 0) is 25.5 Å². The molecule has 0 radical (unpaired) electrons. The first-order valence-corrected chi connectivity index (χ1v) is 10.2. The number of carbonyl (C=O) groups excluding carboxylic acids is 3. The molecule has 2 heterocycles. The Morgan fingerprint density at radius 2 is 2.03 bits per heavy atom. The number of aliphatic hydroxyl groups excluding tert-OH is 1. The zero-order valence-corrected chi connectivity index (χ0v) is 17.8. The lowest BCUT2D eigenvalue weighted by Gasteiger charge is -2.25. The molecule has 0 spiro atoms. The van der Waals surface area contributed by atoms with Gasteiger partial charge in [0.05, 0.1) is 24.8 Å². The topological polar surface area (TPSA) is 102 Å². The number of carbonyl (C=O) groups is 3. The highest BCUT2D eigenvalue weighted by atomic mass is 16.5. The largest absolute Gasteiger partial charge is 0.507 e. The maximum Gasteiger partial charge on any atom is 0.308 e. The summed E-state index contributed by atoms with van der Waals surface area (Å²) >= 11 is 0. The molecule has 1 atom stereocenters. The summed E-state index contributed by atoms with van der Waals surface area (Å²) in [4.78, 5) is 38.6. The van der Waals surface area contributed by atoms with E-state index in [1.165, 1.54) is 18.9 Å². The SMILES string of the molecule is COCCN1C(=O)C(=O)/C(=C(\O)c2ccc3c(c2)CCO3)C1c1cccc(OC(C)=O)c1. The summed E-state index contributed by atoms with van der Waals surface area (Å²) in [6.07, 6.45) is 0.701. The molecule has 2 aromatic rings. The quantitative estimate of drug-likeness (QED) is 0.244. The minimum Gasteiger partial charge on any atom is -0.507 e. The molecule has 2 aromatic carbocycles. The first kappa shape index (κ1) is 21.6. The number of benzene rings is 2. The molecular formula is C24H23NO7. The predicted octanol–water partition coefficient (Wildman–Crippen LogP) is 2.61. The third-order valence-electron chi connectivity index (χ3n) is 5.47. The molecule has 1 N–H and O–H groups in total. The summed E-state index contributed by atoms with van der Waals surface area (Å²) < 4.78 is 15.8. The minimum absolute atomic E-state index is 0.0232. The van der Waals surface area contributed by atoms with Crippen molar-refractivity contribution in [3.05, 3.63) is 64.7 Å². The highest BCUT2D eigenvalue weighted by molar-refractivity contribution is 6.46. The average Bonchev–Trinajstić information content (AvgIpc) is 3.34. The first-order valence-electron chi connectivity index (χ1n) is 10.2. The van der Waals surface area contributed by atoms with E-state index in [2.05, 4.69) is 0 Å². The Morgan fingerprint density at radius 3 is 2.78 bits per heavy atom. The second-order valence-corrected chi connectivity index (χ2v) is 7.57. The van der Waals surface area contributed by atoms with Gasteiger partial charge in [-0.15, -0.1) is 0 Å². The highest BCUT2D eigenvalue weighted by Crippen LogP contribution is 2.40. The number of likely N-dealkylation sites (tertiary alicyclic amines) is 1. The number of ether oxygens (including phenoxy) is 3. The predicted molar refractivity (Wildman–Crippen MR) is 114 cm³/mol. The van der Waals surface area contributed by atoms with Gasteiger partial charge in [0, 0.05) is 32.6 Å². The van der Waals surface area contributed by atoms with Crippen LogP contribution in [0.5, 0.6) is 11.5 Å². The van der Waals surface area contributed by atoms with Crippen LogP contribution in [0.4, 0.5) is 0 Å². The van der Waals surface area contributed by atoms with Gasteiger partial charge in [-0.2, -0.15) is 0 Å². The Labute approximate surface area is 185 Å². The van der Waals surface area contributed by atoms with E-state index in [1.807, 2.05) is 0 Å². The van der Waals surface area contributed by atoms with Gasteiger partial charge < -0.3 is 24.2 Å². The van der Waals surface area contributed by atoms with E-state index in [0.29, 0.717) is 24.2 Å². The second kappa shape index (κ2) is 8.84. The summed E-state index contributed by atoms with van der Waals surface area (Å²) in [5.74, 6) is -1.24. The third-order valence-corrected chi connectivity index (χ3v) is 5.47. The molecular weight excluding hydrogens is 414 g/mol. The van der Waals surface area contributed by atoms with Gasteiger partial charge in [-0.25, -0.2) is 0 Å². The summed E-state index contributed by atoms with van der Waals surface area (Å²) in [6.45, 7) is 2.21. The van der Waals surface area contributed by atoms with Crippen molar-refractivity contribution in [2.45, 2.75) is 19.4 Å². The molecule has 0 bridgehead atoms. The van der Waals surface area contributed by atoms with Gasteiger partial charge in [-0.05, 0) is 41.5 Å². The summed E-state index contributed by atoms with van der Waals surface area (Å²) in [5.41, 5.74) is 1.87. The van der Waals surface area contributed by atoms with Crippen LogP contribution in [0.15, 0.2) is 48.0 Å². The minimum atomic E-state index is -0.856. The monoisotopic (exact) mass is 437 g/mol. The Kier molecular flexibility index (Phi) is 5.96. The normalized spacial score (nSPS) is 19.1. The zero-order chi connectivity index (χ0) is 22.8. The Bertz CT molecular complexity index is 1120. The van der Waals surface area contributed by atoms with E-state index < -0.39 is 23.7 Å². The van der Waals surface area contributed by atoms with Gasteiger partial charge in [0.2, 0.25) is 0 Å². The number of nitrogens with zero attached hydrogens (tertiary/aromatic N) is 1. The van der Waals surface area contributed by atoms with Gasteiger partial charge in [0.1, 0.15) is 17.3 Å². The fourth-order valence-electron chi connectivity index (χ4n) is 4.05. The molecule has 32 heavy (non-hydrogen) atoms. The van der Waals surface area contributed by atoms with E-state index >= 15 is 0 Å². The van der Waals surface area contributed by atoms with Gasteiger partial charge in [0.25, 0.3) is 11.7 Å². The maximum absolute atomic E-state index is 13.0.